The quantitative estimate of drug-likeness (QED) is 0.904. The summed E-state index contributed by atoms with van der Waals surface area (Å²) >= 11 is 3.41. The van der Waals surface area contributed by atoms with E-state index in [1.807, 2.05) is 23.9 Å². The fourth-order valence-electron chi connectivity index (χ4n) is 3.41. The number of nitrogens with zero attached hydrogens (tertiary/aromatic N) is 2. The average Bonchev–Trinajstić information content (AvgIpc) is 2.94. The number of rotatable bonds is 2. The Bertz CT molecular complexity index is 485. The molecule has 2 aliphatic heterocycles. The number of piperidine rings is 1. The zero-order valence-corrected chi connectivity index (χ0v) is 12.8. The van der Waals surface area contributed by atoms with Gasteiger partial charge in [-0.3, -0.25) is 9.69 Å². The molecule has 1 aromatic rings. The van der Waals surface area contributed by atoms with Crippen molar-refractivity contribution in [3.63, 3.8) is 0 Å². The summed E-state index contributed by atoms with van der Waals surface area (Å²) in [5.74, 6) is 0.0469. The van der Waals surface area contributed by atoms with Gasteiger partial charge in [-0.05, 0) is 47.8 Å². The van der Waals surface area contributed by atoms with Crippen LogP contribution in [0.5, 0.6) is 0 Å². The van der Waals surface area contributed by atoms with E-state index in [9.17, 15) is 4.79 Å². The SMILES string of the molecule is Cn1cc(Br)cc1C(=O)NC1CCN2CCCCC12. The molecule has 4 nitrogen and oxygen atoms in total. The Morgan fingerprint density at radius 1 is 1.37 bits per heavy atom. The Labute approximate surface area is 122 Å². The summed E-state index contributed by atoms with van der Waals surface area (Å²) in [5.41, 5.74) is 0.723. The van der Waals surface area contributed by atoms with E-state index in [2.05, 4.69) is 26.1 Å². The topological polar surface area (TPSA) is 37.3 Å². The summed E-state index contributed by atoms with van der Waals surface area (Å²) in [4.78, 5) is 14.9. The van der Waals surface area contributed by atoms with E-state index in [0.717, 1.165) is 23.1 Å². The van der Waals surface area contributed by atoms with Crippen LogP contribution in [0.3, 0.4) is 0 Å². The van der Waals surface area contributed by atoms with Crippen LogP contribution in [0.1, 0.15) is 36.2 Å². The smallest absolute Gasteiger partial charge is 0.268 e. The second-order valence-electron chi connectivity index (χ2n) is 5.62. The Hall–Kier alpha value is -0.810. The van der Waals surface area contributed by atoms with Gasteiger partial charge in [0.15, 0.2) is 0 Å². The van der Waals surface area contributed by atoms with Gasteiger partial charge in [0.05, 0.1) is 0 Å². The van der Waals surface area contributed by atoms with Crippen molar-refractivity contribution in [3.05, 3.63) is 22.4 Å². The van der Waals surface area contributed by atoms with E-state index in [0.29, 0.717) is 12.1 Å². The van der Waals surface area contributed by atoms with Crippen molar-refractivity contribution in [1.82, 2.24) is 14.8 Å². The second-order valence-corrected chi connectivity index (χ2v) is 6.54. The molecule has 3 rings (SSSR count). The molecule has 0 radical (unpaired) electrons. The number of aromatic nitrogens is 1. The maximum Gasteiger partial charge on any atom is 0.268 e. The molecule has 1 aromatic heterocycles. The normalized spacial score (nSPS) is 27.3. The molecule has 2 atom stereocenters. The second kappa shape index (κ2) is 5.29. The first-order valence-corrected chi connectivity index (χ1v) is 7.81. The van der Waals surface area contributed by atoms with Gasteiger partial charge in [-0.1, -0.05) is 6.42 Å². The van der Waals surface area contributed by atoms with E-state index >= 15 is 0 Å². The highest BCUT2D eigenvalue weighted by molar-refractivity contribution is 9.10. The van der Waals surface area contributed by atoms with Crippen molar-refractivity contribution in [2.45, 2.75) is 37.8 Å². The highest BCUT2D eigenvalue weighted by Gasteiger charge is 2.36. The third kappa shape index (κ3) is 2.58. The van der Waals surface area contributed by atoms with Gasteiger partial charge >= 0.3 is 0 Å². The molecule has 3 heterocycles. The summed E-state index contributed by atoms with van der Waals surface area (Å²) in [5, 5.41) is 3.23. The predicted molar refractivity (Wildman–Crippen MR) is 78.2 cm³/mol. The Kier molecular flexibility index (Phi) is 3.67. The van der Waals surface area contributed by atoms with Gasteiger partial charge < -0.3 is 9.88 Å². The number of carbonyl (C=O) groups excluding carboxylic acids is 1. The minimum Gasteiger partial charge on any atom is -0.346 e. The van der Waals surface area contributed by atoms with Crippen LogP contribution in [0.25, 0.3) is 0 Å². The Morgan fingerprint density at radius 3 is 2.95 bits per heavy atom. The first-order valence-electron chi connectivity index (χ1n) is 7.02. The molecule has 0 saturated carbocycles. The lowest BCUT2D eigenvalue weighted by atomic mass is 9.99. The number of halogens is 1. The molecule has 0 aliphatic carbocycles. The molecular formula is C14H20BrN3O. The molecule has 0 spiro atoms. The molecule has 19 heavy (non-hydrogen) atoms. The number of amides is 1. The van der Waals surface area contributed by atoms with Gasteiger partial charge in [-0.25, -0.2) is 0 Å². The highest BCUT2D eigenvalue weighted by Crippen LogP contribution is 2.27. The lowest BCUT2D eigenvalue weighted by molar-refractivity contribution is 0.0907. The summed E-state index contributed by atoms with van der Waals surface area (Å²) in [7, 11) is 1.90. The van der Waals surface area contributed by atoms with Gasteiger partial charge in [0.2, 0.25) is 0 Å². The van der Waals surface area contributed by atoms with Gasteiger partial charge in [0.25, 0.3) is 5.91 Å². The van der Waals surface area contributed by atoms with Crippen molar-refractivity contribution in [2.24, 2.45) is 7.05 Å². The molecule has 104 valence electrons. The Morgan fingerprint density at radius 2 is 2.21 bits per heavy atom. The molecular weight excluding hydrogens is 306 g/mol. The fraction of sp³-hybridized carbons (Fsp3) is 0.643. The molecule has 2 saturated heterocycles. The number of carbonyl (C=O) groups is 1. The minimum absolute atomic E-state index is 0.0469. The van der Waals surface area contributed by atoms with Crippen LogP contribution in [0, 0.1) is 0 Å². The van der Waals surface area contributed by atoms with Crippen molar-refractivity contribution in [1.29, 1.82) is 0 Å². The summed E-state index contributed by atoms with van der Waals surface area (Å²) < 4.78 is 2.82. The third-order valence-electron chi connectivity index (χ3n) is 4.38. The standard InChI is InChI=1S/C14H20BrN3O/c1-17-9-10(15)8-13(17)14(19)16-11-5-7-18-6-3-2-4-12(11)18/h8-9,11-12H,2-7H2,1H3,(H,16,19). The summed E-state index contributed by atoms with van der Waals surface area (Å²) in [6.45, 7) is 2.33. The number of aryl methyl sites for hydroxylation is 1. The fourth-order valence-corrected chi connectivity index (χ4v) is 3.93. The average molecular weight is 326 g/mol. The van der Waals surface area contributed by atoms with Gasteiger partial charge in [0.1, 0.15) is 5.69 Å². The van der Waals surface area contributed by atoms with Crippen molar-refractivity contribution >= 4 is 21.8 Å². The van der Waals surface area contributed by atoms with Gasteiger partial charge in [-0.2, -0.15) is 0 Å². The molecule has 0 bridgehead atoms. The van der Waals surface area contributed by atoms with Crippen LogP contribution in [0.2, 0.25) is 0 Å². The Balaban J connectivity index is 1.68. The third-order valence-corrected chi connectivity index (χ3v) is 4.81. The lowest BCUT2D eigenvalue weighted by Crippen LogP contribution is -2.47. The molecule has 0 aromatic carbocycles. The molecule has 2 unspecified atom stereocenters. The van der Waals surface area contributed by atoms with Crippen LogP contribution < -0.4 is 5.32 Å². The first kappa shape index (κ1) is 13.2. The highest BCUT2D eigenvalue weighted by atomic mass is 79.9. The van der Waals surface area contributed by atoms with E-state index in [1.54, 1.807) is 0 Å². The number of nitrogens with one attached hydrogen (secondary N) is 1. The van der Waals surface area contributed by atoms with E-state index in [1.165, 1.54) is 25.8 Å². The monoisotopic (exact) mass is 325 g/mol. The zero-order chi connectivity index (χ0) is 13.4. The number of fused-ring (bicyclic) bond motifs is 1. The molecule has 1 amide bonds. The largest absolute Gasteiger partial charge is 0.346 e. The molecule has 1 N–H and O–H groups in total. The maximum absolute atomic E-state index is 12.3. The van der Waals surface area contributed by atoms with Crippen molar-refractivity contribution in [2.75, 3.05) is 13.1 Å². The van der Waals surface area contributed by atoms with Crippen LogP contribution in [-0.2, 0) is 7.05 Å². The maximum atomic E-state index is 12.3. The summed E-state index contributed by atoms with van der Waals surface area (Å²) in [6.07, 6.45) is 6.82. The molecule has 2 fully saturated rings. The van der Waals surface area contributed by atoms with Crippen molar-refractivity contribution < 1.29 is 4.79 Å². The van der Waals surface area contributed by atoms with E-state index < -0.39 is 0 Å². The first-order chi connectivity index (χ1) is 9.15. The van der Waals surface area contributed by atoms with Crippen molar-refractivity contribution in [3.8, 4) is 0 Å². The van der Waals surface area contributed by atoms with E-state index in [-0.39, 0.29) is 5.91 Å². The predicted octanol–water partition coefficient (Wildman–Crippen LogP) is 2.14. The van der Waals surface area contributed by atoms with E-state index in [4.69, 9.17) is 0 Å². The number of hydrogen-bond donors (Lipinski definition) is 1. The van der Waals surface area contributed by atoms with Crippen LogP contribution in [0.15, 0.2) is 16.7 Å². The zero-order valence-electron chi connectivity index (χ0n) is 11.2. The summed E-state index contributed by atoms with van der Waals surface area (Å²) in [6, 6.07) is 2.76. The molecule has 2 aliphatic rings. The minimum atomic E-state index is 0.0469. The van der Waals surface area contributed by atoms with Crippen LogP contribution in [-0.4, -0.2) is 40.5 Å². The molecule has 5 heteroatoms. The number of hydrogen-bond acceptors (Lipinski definition) is 2. The lowest BCUT2D eigenvalue weighted by Gasteiger charge is -2.32. The van der Waals surface area contributed by atoms with Crippen LogP contribution >= 0.6 is 15.9 Å². The van der Waals surface area contributed by atoms with Crippen LogP contribution in [0.4, 0.5) is 0 Å². The van der Waals surface area contributed by atoms with Gasteiger partial charge in [-0.15, -0.1) is 0 Å². The van der Waals surface area contributed by atoms with Gasteiger partial charge in [0, 0.05) is 36.3 Å².